The molecule has 0 amide bonds. The summed E-state index contributed by atoms with van der Waals surface area (Å²) in [6, 6.07) is 13.6. The molecule has 0 aliphatic carbocycles. The van der Waals surface area contributed by atoms with Crippen LogP contribution >= 0.6 is 11.8 Å². The summed E-state index contributed by atoms with van der Waals surface area (Å²) in [4.78, 5) is 14.5. The predicted octanol–water partition coefficient (Wildman–Crippen LogP) is 3.29. The highest BCUT2D eigenvalue weighted by atomic mass is 32.2. The number of ether oxygens (including phenoxy) is 4. The Balaban J connectivity index is 1.51. The highest BCUT2D eigenvalue weighted by Crippen LogP contribution is 2.38. The molecule has 2 aromatic carbocycles. The van der Waals surface area contributed by atoms with Crippen molar-refractivity contribution in [2.45, 2.75) is 30.1 Å². The Morgan fingerprint density at radius 3 is 2.73 bits per heavy atom. The summed E-state index contributed by atoms with van der Waals surface area (Å²) in [5.74, 6) is 2.34. The van der Waals surface area contributed by atoms with Gasteiger partial charge in [0.15, 0.2) is 11.5 Å². The van der Waals surface area contributed by atoms with Gasteiger partial charge in [-0.25, -0.2) is 0 Å². The zero-order chi connectivity index (χ0) is 26.0. The van der Waals surface area contributed by atoms with Crippen molar-refractivity contribution in [2.24, 2.45) is 0 Å². The number of carbonyl (C=O) groups is 1. The molecule has 1 unspecified atom stereocenters. The van der Waals surface area contributed by atoms with Crippen molar-refractivity contribution < 1.29 is 28.8 Å². The first-order chi connectivity index (χ1) is 18.1. The van der Waals surface area contributed by atoms with Crippen molar-refractivity contribution in [3.8, 4) is 17.2 Å². The molecule has 9 heteroatoms. The molecule has 4 rings (SSSR count). The lowest BCUT2D eigenvalue weighted by Gasteiger charge is -2.35. The SMILES string of the molecule is COc1ccc(CCC(c2cccc(OCCN3CCOCC3)c2)[C@H]2SCCN[C@@H]2C(=O)O)cc1OC. The van der Waals surface area contributed by atoms with Gasteiger partial charge >= 0.3 is 5.97 Å². The lowest BCUT2D eigenvalue weighted by atomic mass is 9.86. The van der Waals surface area contributed by atoms with E-state index >= 15 is 0 Å². The molecular weight excluding hydrogens is 492 g/mol. The van der Waals surface area contributed by atoms with Gasteiger partial charge in [-0.3, -0.25) is 9.69 Å². The van der Waals surface area contributed by atoms with Crippen LogP contribution in [-0.2, 0) is 16.0 Å². The molecule has 2 aliphatic heterocycles. The summed E-state index contributed by atoms with van der Waals surface area (Å²) < 4.78 is 22.4. The number of thioether (sulfide) groups is 1. The van der Waals surface area contributed by atoms with Crippen LogP contribution in [0.5, 0.6) is 17.2 Å². The van der Waals surface area contributed by atoms with Gasteiger partial charge in [0, 0.05) is 37.2 Å². The van der Waals surface area contributed by atoms with E-state index < -0.39 is 12.0 Å². The fourth-order valence-corrected chi connectivity index (χ4v) is 6.47. The smallest absolute Gasteiger partial charge is 0.321 e. The van der Waals surface area contributed by atoms with Gasteiger partial charge in [0.25, 0.3) is 0 Å². The maximum atomic E-state index is 12.1. The number of hydrogen-bond acceptors (Lipinski definition) is 8. The average Bonchev–Trinajstić information content (AvgIpc) is 2.94. The van der Waals surface area contributed by atoms with Gasteiger partial charge in [0.2, 0.25) is 0 Å². The lowest BCUT2D eigenvalue weighted by Crippen LogP contribution is -2.51. The summed E-state index contributed by atoms with van der Waals surface area (Å²) in [5, 5.41) is 13.1. The number of carboxylic acids is 1. The Morgan fingerprint density at radius 2 is 1.97 bits per heavy atom. The number of hydrogen-bond donors (Lipinski definition) is 2. The Labute approximate surface area is 223 Å². The second-order valence-electron chi connectivity index (χ2n) is 9.31. The number of morpholine rings is 1. The number of nitrogens with zero attached hydrogens (tertiary/aromatic N) is 1. The Bertz CT molecular complexity index is 1020. The average molecular weight is 531 g/mol. The first-order valence-corrected chi connectivity index (χ1v) is 14.0. The molecule has 0 radical (unpaired) electrons. The predicted molar refractivity (Wildman–Crippen MR) is 145 cm³/mol. The van der Waals surface area contributed by atoms with Crippen molar-refractivity contribution in [1.29, 1.82) is 0 Å². The second-order valence-corrected chi connectivity index (χ2v) is 10.6. The standard InChI is InChI=1S/C28H38N2O6S/c1-33-24-9-7-20(18-25(24)34-2)6-8-23(27-26(28(31)32)29-10-17-37-27)21-4-3-5-22(19-21)36-16-13-30-11-14-35-15-12-30/h3-5,7,9,18-19,23,26-27,29H,6,8,10-17H2,1-2H3,(H,31,32)/t23?,26-,27+/m0/s1. The van der Waals surface area contributed by atoms with Gasteiger partial charge < -0.3 is 29.4 Å². The summed E-state index contributed by atoms with van der Waals surface area (Å²) in [6.45, 7) is 5.58. The number of carboxylic acid groups (broad SMARTS) is 1. The molecule has 3 atom stereocenters. The van der Waals surface area contributed by atoms with Crippen LogP contribution in [0.25, 0.3) is 0 Å². The van der Waals surface area contributed by atoms with Crippen LogP contribution < -0.4 is 19.5 Å². The first-order valence-electron chi connectivity index (χ1n) is 12.9. The van der Waals surface area contributed by atoms with E-state index in [1.54, 1.807) is 26.0 Å². The van der Waals surface area contributed by atoms with E-state index in [0.717, 1.165) is 68.3 Å². The molecule has 2 heterocycles. The molecule has 2 saturated heterocycles. The molecule has 202 valence electrons. The van der Waals surface area contributed by atoms with E-state index in [0.29, 0.717) is 24.7 Å². The number of aliphatic carboxylic acids is 1. The maximum Gasteiger partial charge on any atom is 0.321 e. The van der Waals surface area contributed by atoms with E-state index in [-0.39, 0.29) is 11.2 Å². The molecule has 8 nitrogen and oxygen atoms in total. The largest absolute Gasteiger partial charge is 0.493 e. The number of nitrogens with one attached hydrogen (secondary N) is 1. The van der Waals surface area contributed by atoms with Gasteiger partial charge in [-0.2, -0.15) is 11.8 Å². The second kappa shape index (κ2) is 13.9. The number of methoxy groups -OCH3 is 2. The Kier molecular flexibility index (Phi) is 10.4. The van der Waals surface area contributed by atoms with Crippen LogP contribution in [0, 0.1) is 0 Å². The molecule has 2 N–H and O–H groups in total. The van der Waals surface area contributed by atoms with Crippen LogP contribution in [-0.4, -0.2) is 93.2 Å². The first kappa shape index (κ1) is 27.6. The maximum absolute atomic E-state index is 12.1. The summed E-state index contributed by atoms with van der Waals surface area (Å²) in [5.41, 5.74) is 2.23. The third-order valence-electron chi connectivity index (χ3n) is 7.03. The third kappa shape index (κ3) is 7.54. The topological polar surface area (TPSA) is 89.5 Å². The van der Waals surface area contributed by atoms with Crippen LogP contribution in [0.4, 0.5) is 0 Å². The Morgan fingerprint density at radius 1 is 1.16 bits per heavy atom. The van der Waals surface area contributed by atoms with Gasteiger partial charge in [0.1, 0.15) is 18.4 Å². The van der Waals surface area contributed by atoms with E-state index in [2.05, 4.69) is 22.3 Å². The minimum Gasteiger partial charge on any atom is -0.493 e. The van der Waals surface area contributed by atoms with Gasteiger partial charge in [-0.15, -0.1) is 0 Å². The molecule has 0 bridgehead atoms. The number of rotatable bonds is 12. The minimum atomic E-state index is -0.800. The third-order valence-corrected chi connectivity index (χ3v) is 8.45. The molecule has 2 aromatic rings. The quantitative estimate of drug-likeness (QED) is 0.429. The molecule has 0 aromatic heterocycles. The lowest BCUT2D eigenvalue weighted by molar-refractivity contribution is -0.139. The van der Waals surface area contributed by atoms with E-state index in [9.17, 15) is 9.90 Å². The minimum absolute atomic E-state index is 0.0368. The normalized spacial score (nSPS) is 21.2. The van der Waals surface area contributed by atoms with Crippen molar-refractivity contribution in [3.63, 3.8) is 0 Å². The Hall–Kier alpha value is -2.46. The fraction of sp³-hybridized carbons (Fsp3) is 0.536. The van der Waals surface area contributed by atoms with Crippen LogP contribution in [0.1, 0.15) is 23.5 Å². The van der Waals surface area contributed by atoms with Crippen LogP contribution in [0.15, 0.2) is 42.5 Å². The van der Waals surface area contributed by atoms with Gasteiger partial charge in [-0.05, 0) is 54.2 Å². The fourth-order valence-electron chi connectivity index (χ4n) is 5.03. The number of benzene rings is 2. The van der Waals surface area contributed by atoms with Crippen molar-refractivity contribution in [2.75, 3.05) is 66.0 Å². The highest BCUT2D eigenvalue weighted by Gasteiger charge is 2.37. The molecular formula is C28H38N2O6S. The molecule has 0 saturated carbocycles. The highest BCUT2D eigenvalue weighted by molar-refractivity contribution is 8.00. The van der Waals surface area contributed by atoms with Gasteiger partial charge in [0.05, 0.1) is 27.4 Å². The monoisotopic (exact) mass is 530 g/mol. The van der Waals surface area contributed by atoms with Gasteiger partial charge in [-0.1, -0.05) is 18.2 Å². The zero-order valence-electron chi connectivity index (χ0n) is 21.7. The van der Waals surface area contributed by atoms with Crippen LogP contribution in [0.3, 0.4) is 0 Å². The van der Waals surface area contributed by atoms with Crippen molar-refractivity contribution in [1.82, 2.24) is 10.2 Å². The molecule has 2 aliphatic rings. The molecule has 37 heavy (non-hydrogen) atoms. The van der Waals surface area contributed by atoms with E-state index in [4.69, 9.17) is 18.9 Å². The van der Waals surface area contributed by atoms with Crippen molar-refractivity contribution >= 4 is 17.7 Å². The zero-order valence-corrected chi connectivity index (χ0v) is 22.5. The summed E-state index contributed by atoms with van der Waals surface area (Å²) in [6.07, 6.45) is 1.59. The summed E-state index contributed by atoms with van der Waals surface area (Å²) in [7, 11) is 3.26. The van der Waals surface area contributed by atoms with E-state index in [1.165, 1.54) is 0 Å². The van der Waals surface area contributed by atoms with Crippen LogP contribution in [0.2, 0.25) is 0 Å². The summed E-state index contributed by atoms with van der Waals surface area (Å²) >= 11 is 1.75. The van der Waals surface area contributed by atoms with E-state index in [1.807, 2.05) is 30.3 Å². The van der Waals surface area contributed by atoms with Crippen molar-refractivity contribution in [3.05, 3.63) is 53.6 Å². The molecule has 0 spiro atoms. The number of aryl methyl sites for hydroxylation is 1. The molecule has 2 fully saturated rings.